The van der Waals surface area contributed by atoms with Gasteiger partial charge < -0.3 is 10.1 Å². The molecule has 2 aromatic rings. The summed E-state index contributed by atoms with van der Waals surface area (Å²) in [6, 6.07) is 5.64. The zero-order valence-electron chi connectivity index (χ0n) is 10.3. The Morgan fingerprint density at radius 1 is 1.41 bits per heavy atom. The maximum atomic E-state index is 5.35. The predicted molar refractivity (Wildman–Crippen MR) is 66.6 cm³/mol. The van der Waals surface area contributed by atoms with Crippen LogP contribution in [0.4, 0.5) is 11.5 Å². The van der Waals surface area contributed by atoms with Crippen molar-refractivity contribution < 1.29 is 4.74 Å². The SMILES string of the molecule is CCOc1cccc(Nc2cn(C)nc2C)n1. The van der Waals surface area contributed by atoms with Crippen LogP contribution in [0.15, 0.2) is 24.4 Å². The zero-order valence-corrected chi connectivity index (χ0v) is 10.3. The van der Waals surface area contributed by atoms with Gasteiger partial charge in [0.25, 0.3) is 0 Å². The van der Waals surface area contributed by atoms with E-state index in [4.69, 9.17) is 4.74 Å². The Morgan fingerprint density at radius 2 is 2.24 bits per heavy atom. The van der Waals surface area contributed by atoms with Gasteiger partial charge >= 0.3 is 0 Å². The van der Waals surface area contributed by atoms with Crippen LogP contribution >= 0.6 is 0 Å². The van der Waals surface area contributed by atoms with Gasteiger partial charge in [-0.2, -0.15) is 10.1 Å². The van der Waals surface area contributed by atoms with E-state index in [1.54, 1.807) is 4.68 Å². The average molecular weight is 232 g/mol. The number of nitrogens with one attached hydrogen (secondary N) is 1. The largest absolute Gasteiger partial charge is 0.478 e. The van der Waals surface area contributed by atoms with Crippen molar-refractivity contribution in [2.24, 2.45) is 7.05 Å². The van der Waals surface area contributed by atoms with Gasteiger partial charge in [-0.25, -0.2) is 0 Å². The van der Waals surface area contributed by atoms with Gasteiger partial charge in [-0.1, -0.05) is 6.07 Å². The van der Waals surface area contributed by atoms with Crippen LogP contribution in [-0.2, 0) is 7.05 Å². The third-order valence-corrected chi connectivity index (χ3v) is 2.29. The molecule has 0 aromatic carbocycles. The molecule has 0 aliphatic rings. The highest BCUT2D eigenvalue weighted by Crippen LogP contribution is 2.19. The first-order valence-corrected chi connectivity index (χ1v) is 5.56. The highest BCUT2D eigenvalue weighted by atomic mass is 16.5. The molecule has 2 rings (SSSR count). The van der Waals surface area contributed by atoms with Crippen molar-refractivity contribution in [3.8, 4) is 5.88 Å². The van der Waals surface area contributed by atoms with E-state index in [0.29, 0.717) is 12.5 Å². The van der Waals surface area contributed by atoms with Crippen LogP contribution in [0.2, 0.25) is 0 Å². The van der Waals surface area contributed by atoms with Crippen molar-refractivity contribution in [1.82, 2.24) is 14.8 Å². The number of aromatic nitrogens is 3. The average Bonchev–Trinajstić information content (AvgIpc) is 2.58. The molecule has 0 atom stereocenters. The second-order valence-electron chi connectivity index (χ2n) is 3.72. The minimum absolute atomic E-state index is 0.613. The van der Waals surface area contributed by atoms with Crippen LogP contribution in [0, 0.1) is 6.92 Å². The first-order chi connectivity index (χ1) is 8.19. The van der Waals surface area contributed by atoms with Crippen LogP contribution in [0.5, 0.6) is 5.88 Å². The summed E-state index contributed by atoms with van der Waals surface area (Å²) in [6.45, 7) is 4.50. The fourth-order valence-corrected chi connectivity index (χ4v) is 1.57. The molecule has 5 nitrogen and oxygen atoms in total. The molecule has 2 aromatic heterocycles. The molecule has 0 fully saturated rings. The number of nitrogens with zero attached hydrogens (tertiary/aromatic N) is 3. The third kappa shape index (κ3) is 2.75. The second-order valence-corrected chi connectivity index (χ2v) is 3.72. The monoisotopic (exact) mass is 232 g/mol. The molecule has 0 aliphatic heterocycles. The van der Waals surface area contributed by atoms with Gasteiger partial charge in [-0.3, -0.25) is 4.68 Å². The molecular formula is C12H16N4O. The number of anilines is 2. The molecule has 0 saturated heterocycles. The van der Waals surface area contributed by atoms with Gasteiger partial charge in [0, 0.05) is 19.3 Å². The number of pyridine rings is 1. The van der Waals surface area contributed by atoms with Gasteiger partial charge in [0.1, 0.15) is 5.82 Å². The van der Waals surface area contributed by atoms with E-state index in [2.05, 4.69) is 15.4 Å². The molecule has 5 heteroatoms. The predicted octanol–water partition coefficient (Wildman–Crippen LogP) is 2.27. The van der Waals surface area contributed by atoms with Crippen LogP contribution in [0.25, 0.3) is 0 Å². The Kier molecular flexibility index (Phi) is 3.27. The van der Waals surface area contributed by atoms with E-state index in [1.807, 2.05) is 45.3 Å². The summed E-state index contributed by atoms with van der Waals surface area (Å²) < 4.78 is 7.12. The smallest absolute Gasteiger partial charge is 0.215 e. The molecule has 0 saturated carbocycles. The van der Waals surface area contributed by atoms with Crippen LogP contribution in [0.1, 0.15) is 12.6 Å². The Morgan fingerprint density at radius 3 is 2.88 bits per heavy atom. The summed E-state index contributed by atoms with van der Waals surface area (Å²) in [5.41, 5.74) is 1.89. The Balaban J connectivity index is 2.18. The first kappa shape index (κ1) is 11.4. The van der Waals surface area contributed by atoms with Crippen LogP contribution in [-0.4, -0.2) is 21.4 Å². The van der Waals surface area contributed by atoms with E-state index in [1.165, 1.54) is 0 Å². The Bertz CT molecular complexity index is 507. The normalized spacial score (nSPS) is 10.3. The maximum Gasteiger partial charge on any atom is 0.215 e. The molecule has 0 radical (unpaired) electrons. The molecule has 0 aliphatic carbocycles. The topological polar surface area (TPSA) is 52.0 Å². The van der Waals surface area contributed by atoms with Crippen LogP contribution < -0.4 is 10.1 Å². The van der Waals surface area contributed by atoms with Gasteiger partial charge in [-0.05, 0) is 19.9 Å². The number of hydrogen-bond acceptors (Lipinski definition) is 4. The highest BCUT2D eigenvalue weighted by Gasteiger charge is 2.04. The lowest BCUT2D eigenvalue weighted by Crippen LogP contribution is -1.98. The van der Waals surface area contributed by atoms with Crippen LogP contribution in [0.3, 0.4) is 0 Å². The molecular weight excluding hydrogens is 216 g/mol. The molecule has 90 valence electrons. The van der Waals surface area contributed by atoms with Crippen molar-refractivity contribution in [2.75, 3.05) is 11.9 Å². The summed E-state index contributed by atoms with van der Waals surface area (Å²) in [6.07, 6.45) is 1.92. The summed E-state index contributed by atoms with van der Waals surface area (Å²) in [5.74, 6) is 1.38. The minimum atomic E-state index is 0.613. The summed E-state index contributed by atoms with van der Waals surface area (Å²) in [7, 11) is 1.89. The van der Waals surface area contributed by atoms with Gasteiger partial charge in [0.15, 0.2) is 0 Å². The van der Waals surface area contributed by atoms with Gasteiger partial charge in [0.2, 0.25) is 5.88 Å². The molecule has 0 spiro atoms. The standard InChI is InChI=1S/C12H16N4O/c1-4-17-12-7-5-6-11(14-12)13-10-8-16(3)15-9(10)2/h5-8H,4H2,1-3H3,(H,13,14). The van der Waals surface area contributed by atoms with E-state index >= 15 is 0 Å². The second kappa shape index (κ2) is 4.86. The maximum absolute atomic E-state index is 5.35. The molecule has 17 heavy (non-hydrogen) atoms. The lowest BCUT2D eigenvalue weighted by molar-refractivity contribution is 0.327. The van der Waals surface area contributed by atoms with Crippen molar-refractivity contribution in [3.05, 3.63) is 30.1 Å². The number of ether oxygens (including phenoxy) is 1. The third-order valence-electron chi connectivity index (χ3n) is 2.29. The molecule has 0 amide bonds. The van der Waals surface area contributed by atoms with Crippen molar-refractivity contribution in [2.45, 2.75) is 13.8 Å². The van der Waals surface area contributed by atoms with E-state index < -0.39 is 0 Å². The van der Waals surface area contributed by atoms with Gasteiger partial charge in [-0.15, -0.1) is 0 Å². The highest BCUT2D eigenvalue weighted by molar-refractivity contribution is 5.57. The fourth-order valence-electron chi connectivity index (χ4n) is 1.57. The quantitative estimate of drug-likeness (QED) is 0.878. The number of rotatable bonds is 4. The molecule has 0 unspecified atom stereocenters. The van der Waals surface area contributed by atoms with E-state index in [0.717, 1.165) is 17.2 Å². The van der Waals surface area contributed by atoms with E-state index in [-0.39, 0.29) is 0 Å². The summed E-state index contributed by atoms with van der Waals surface area (Å²) in [4.78, 5) is 4.34. The van der Waals surface area contributed by atoms with Crippen molar-refractivity contribution in [3.63, 3.8) is 0 Å². The molecule has 1 N–H and O–H groups in total. The Hall–Kier alpha value is -2.04. The summed E-state index contributed by atoms with van der Waals surface area (Å²) >= 11 is 0. The number of aryl methyl sites for hydroxylation is 2. The van der Waals surface area contributed by atoms with E-state index in [9.17, 15) is 0 Å². The Labute approximate surface area is 100 Å². The lowest BCUT2D eigenvalue weighted by atomic mass is 10.4. The van der Waals surface area contributed by atoms with Crippen molar-refractivity contribution >= 4 is 11.5 Å². The fraction of sp³-hybridized carbons (Fsp3) is 0.333. The lowest BCUT2D eigenvalue weighted by Gasteiger charge is -2.06. The number of hydrogen-bond donors (Lipinski definition) is 1. The summed E-state index contributed by atoms with van der Waals surface area (Å²) in [5, 5.41) is 7.48. The minimum Gasteiger partial charge on any atom is -0.478 e. The molecule has 2 heterocycles. The van der Waals surface area contributed by atoms with Crippen molar-refractivity contribution in [1.29, 1.82) is 0 Å². The van der Waals surface area contributed by atoms with Gasteiger partial charge in [0.05, 0.1) is 18.0 Å². The molecule has 0 bridgehead atoms. The zero-order chi connectivity index (χ0) is 12.3. The first-order valence-electron chi connectivity index (χ1n) is 5.56.